The van der Waals surface area contributed by atoms with Gasteiger partial charge in [-0.2, -0.15) is 9.29 Å². The standard InChI is InChI=1S/C21H25N7O5S/c1-2-34(31,32)27-9-14-11-33-17-7-13(5-6-16(17)28(14)18(29)10-27)25-21-23-8-15(19(22)30)20(26-21)24-12-3-4-12/h5-8,12,14H,2-4,9-11H2,1H3,(H2,22,30)(H2,23,24,25,26). The van der Waals surface area contributed by atoms with E-state index in [0.717, 1.165) is 12.8 Å². The number of carbonyl (C=O) groups is 2. The highest BCUT2D eigenvalue weighted by Crippen LogP contribution is 2.38. The summed E-state index contributed by atoms with van der Waals surface area (Å²) in [4.78, 5) is 34.7. The lowest BCUT2D eigenvalue weighted by molar-refractivity contribution is -0.121. The minimum Gasteiger partial charge on any atom is -0.489 e. The van der Waals surface area contributed by atoms with E-state index < -0.39 is 22.0 Å². The van der Waals surface area contributed by atoms with E-state index in [-0.39, 0.29) is 48.9 Å². The maximum atomic E-state index is 12.8. The summed E-state index contributed by atoms with van der Waals surface area (Å²) in [7, 11) is -3.47. The van der Waals surface area contributed by atoms with Gasteiger partial charge in [-0.05, 0) is 31.9 Å². The molecule has 1 saturated heterocycles. The summed E-state index contributed by atoms with van der Waals surface area (Å²) in [5.74, 6) is 0.195. The SMILES string of the molecule is CCS(=O)(=O)N1CC(=O)N2c3ccc(Nc4ncc(C(N)=O)c(NC5CC5)n4)cc3OCC2C1. The molecular formula is C21H25N7O5S. The number of rotatable bonds is 7. The van der Waals surface area contributed by atoms with Crippen LogP contribution in [0.25, 0.3) is 0 Å². The molecular weight excluding hydrogens is 462 g/mol. The molecule has 5 rings (SSSR count). The predicted octanol–water partition coefficient (Wildman–Crippen LogP) is 0.653. The number of aromatic nitrogens is 2. The lowest BCUT2D eigenvalue weighted by Crippen LogP contribution is -2.61. The van der Waals surface area contributed by atoms with Crippen LogP contribution in [-0.4, -0.2) is 72.0 Å². The third-order valence-electron chi connectivity index (χ3n) is 6.00. The van der Waals surface area contributed by atoms with Gasteiger partial charge in [0.15, 0.2) is 0 Å². The number of hydrogen-bond donors (Lipinski definition) is 3. The molecule has 0 radical (unpaired) electrons. The fraction of sp³-hybridized carbons (Fsp3) is 0.429. The molecule has 1 aliphatic carbocycles. The zero-order chi connectivity index (χ0) is 24.0. The molecule has 12 nitrogen and oxygen atoms in total. The normalized spacial score (nSPS) is 20.2. The average Bonchev–Trinajstić information content (AvgIpc) is 3.62. The molecule has 0 spiro atoms. The quantitative estimate of drug-likeness (QED) is 0.509. The number of primary amides is 1. The Morgan fingerprint density at radius 3 is 2.82 bits per heavy atom. The van der Waals surface area contributed by atoms with Crippen molar-refractivity contribution in [3.05, 3.63) is 30.0 Å². The number of nitrogens with zero attached hydrogens (tertiary/aromatic N) is 4. The van der Waals surface area contributed by atoms with Crippen molar-refractivity contribution in [2.45, 2.75) is 31.8 Å². The van der Waals surface area contributed by atoms with E-state index in [2.05, 4.69) is 20.6 Å². The first-order valence-electron chi connectivity index (χ1n) is 11.0. The number of benzene rings is 1. The van der Waals surface area contributed by atoms with Crippen molar-refractivity contribution in [2.24, 2.45) is 5.73 Å². The maximum absolute atomic E-state index is 12.8. The van der Waals surface area contributed by atoms with Crippen LogP contribution in [0.3, 0.4) is 0 Å². The highest BCUT2D eigenvalue weighted by Gasteiger charge is 2.41. The average molecular weight is 488 g/mol. The van der Waals surface area contributed by atoms with Crippen molar-refractivity contribution in [3.8, 4) is 5.75 Å². The molecule has 1 saturated carbocycles. The first-order valence-corrected chi connectivity index (χ1v) is 12.6. The van der Waals surface area contributed by atoms with Crippen LogP contribution in [0.1, 0.15) is 30.1 Å². The van der Waals surface area contributed by atoms with Gasteiger partial charge in [-0.3, -0.25) is 14.5 Å². The van der Waals surface area contributed by atoms with Gasteiger partial charge in [-0.25, -0.2) is 13.4 Å². The van der Waals surface area contributed by atoms with Crippen LogP contribution < -0.4 is 26.0 Å². The molecule has 2 fully saturated rings. The summed E-state index contributed by atoms with van der Waals surface area (Å²) in [6, 6.07) is 5.11. The molecule has 3 aliphatic rings. The van der Waals surface area contributed by atoms with Gasteiger partial charge >= 0.3 is 0 Å². The Morgan fingerprint density at radius 1 is 1.32 bits per heavy atom. The summed E-state index contributed by atoms with van der Waals surface area (Å²) in [6.07, 6.45) is 3.39. The fourth-order valence-electron chi connectivity index (χ4n) is 4.04. The van der Waals surface area contributed by atoms with Gasteiger partial charge in [-0.15, -0.1) is 0 Å². The number of piperazine rings is 1. The van der Waals surface area contributed by atoms with E-state index in [9.17, 15) is 18.0 Å². The first kappa shape index (κ1) is 22.3. The predicted molar refractivity (Wildman–Crippen MR) is 125 cm³/mol. The number of fused-ring (bicyclic) bond motifs is 3. The molecule has 4 N–H and O–H groups in total. The first-order chi connectivity index (χ1) is 16.2. The van der Waals surface area contributed by atoms with Crippen molar-refractivity contribution in [3.63, 3.8) is 0 Å². The van der Waals surface area contributed by atoms with Gasteiger partial charge in [0.05, 0.1) is 29.6 Å². The van der Waals surface area contributed by atoms with Crippen LogP contribution in [0.5, 0.6) is 5.75 Å². The number of sulfonamides is 1. The van der Waals surface area contributed by atoms with E-state index in [1.54, 1.807) is 30.0 Å². The molecule has 2 aromatic rings. The molecule has 2 amide bonds. The topological polar surface area (TPSA) is 160 Å². The van der Waals surface area contributed by atoms with Gasteiger partial charge in [0.2, 0.25) is 21.9 Å². The van der Waals surface area contributed by atoms with Crippen LogP contribution >= 0.6 is 0 Å². The summed E-state index contributed by atoms with van der Waals surface area (Å²) in [6.45, 7) is 1.74. The van der Waals surface area contributed by atoms with Crippen LogP contribution in [0.2, 0.25) is 0 Å². The highest BCUT2D eigenvalue weighted by molar-refractivity contribution is 7.89. The number of ether oxygens (including phenoxy) is 1. The minimum absolute atomic E-state index is 0.0557. The molecule has 180 valence electrons. The van der Waals surface area contributed by atoms with Gasteiger partial charge in [0.1, 0.15) is 18.2 Å². The summed E-state index contributed by atoms with van der Waals surface area (Å²) in [5, 5.41) is 6.28. The number of nitrogens with two attached hydrogens (primary N) is 1. The second-order valence-electron chi connectivity index (χ2n) is 8.47. The van der Waals surface area contributed by atoms with E-state index in [1.807, 2.05) is 0 Å². The number of carbonyl (C=O) groups excluding carboxylic acids is 2. The van der Waals surface area contributed by atoms with Gasteiger partial charge in [-0.1, -0.05) is 0 Å². The van der Waals surface area contributed by atoms with Crippen LogP contribution in [-0.2, 0) is 14.8 Å². The Morgan fingerprint density at radius 2 is 2.12 bits per heavy atom. The number of anilines is 4. The molecule has 1 unspecified atom stereocenters. The number of nitrogens with one attached hydrogen (secondary N) is 2. The van der Waals surface area contributed by atoms with Crippen molar-refractivity contribution in [1.82, 2.24) is 14.3 Å². The number of hydrogen-bond acceptors (Lipinski definition) is 9. The van der Waals surface area contributed by atoms with E-state index in [1.165, 1.54) is 10.5 Å². The maximum Gasteiger partial charge on any atom is 0.254 e. The highest BCUT2D eigenvalue weighted by atomic mass is 32.2. The van der Waals surface area contributed by atoms with Crippen LogP contribution in [0.15, 0.2) is 24.4 Å². The second kappa shape index (κ2) is 8.40. The second-order valence-corrected chi connectivity index (χ2v) is 10.7. The smallest absolute Gasteiger partial charge is 0.254 e. The van der Waals surface area contributed by atoms with Crippen molar-refractivity contribution in [1.29, 1.82) is 0 Å². The summed E-state index contributed by atoms with van der Waals surface area (Å²) in [5.41, 5.74) is 6.86. The van der Waals surface area contributed by atoms with Gasteiger partial charge in [0.25, 0.3) is 5.91 Å². The van der Waals surface area contributed by atoms with Gasteiger partial charge in [0, 0.05) is 30.5 Å². The largest absolute Gasteiger partial charge is 0.489 e. The van der Waals surface area contributed by atoms with Crippen molar-refractivity contribution >= 4 is 45.0 Å². The molecule has 1 aromatic heterocycles. The molecule has 1 atom stereocenters. The summed E-state index contributed by atoms with van der Waals surface area (Å²) < 4.78 is 31.6. The lowest BCUT2D eigenvalue weighted by atomic mass is 10.1. The van der Waals surface area contributed by atoms with E-state index in [0.29, 0.717) is 22.9 Å². The third kappa shape index (κ3) is 4.23. The van der Waals surface area contributed by atoms with Gasteiger partial charge < -0.3 is 21.1 Å². The Balaban J connectivity index is 1.36. The van der Waals surface area contributed by atoms with Crippen LogP contribution in [0, 0.1) is 0 Å². The zero-order valence-electron chi connectivity index (χ0n) is 18.5. The van der Waals surface area contributed by atoms with Crippen LogP contribution in [0.4, 0.5) is 23.1 Å². The monoisotopic (exact) mass is 487 g/mol. The molecule has 1 aromatic carbocycles. The van der Waals surface area contributed by atoms with Crippen molar-refractivity contribution in [2.75, 3.05) is 41.0 Å². The Labute approximate surface area is 196 Å². The molecule has 2 aliphatic heterocycles. The minimum atomic E-state index is -3.47. The zero-order valence-corrected chi connectivity index (χ0v) is 19.3. The Kier molecular flexibility index (Phi) is 5.52. The van der Waals surface area contributed by atoms with E-state index >= 15 is 0 Å². The molecule has 3 heterocycles. The molecule has 34 heavy (non-hydrogen) atoms. The third-order valence-corrected chi connectivity index (χ3v) is 7.79. The Bertz CT molecular complexity index is 1260. The number of amides is 2. The Hall–Kier alpha value is -3.45. The lowest BCUT2D eigenvalue weighted by Gasteiger charge is -2.43. The van der Waals surface area contributed by atoms with Crippen molar-refractivity contribution < 1.29 is 22.7 Å². The molecule has 13 heteroatoms. The molecule has 0 bridgehead atoms. The van der Waals surface area contributed by atoms with E-state index in [4.69, 9.17) is 10.5 Å². The fourth-order valence-corrected chi connectivity index (χ4v) is 5.11. The summed E-state index contributed by atoms with van der Waals surface area (Å²) >= 11 is 0.